The van der Waals surface area contributed by atoms with Crippen LogP contribution in [0.3, 0.4) is 0 Å². The second-order valence-corrected chi connectivity index (χ2v) is 0.354. The van der Waals surface area contributed by atoms with Gasteiger partial charge in [-0.15, -0.1) is 23.1 Å². The van der Waals surface area contributed by atoms with Gasteiger partial charge in [0.15, 0.2) is 0 Å². The van der Waals surface area contributed by atoms with Gasteiger partial charge >= 0.3 is 16.8 Å². The van der Waals surface area contributed by atoms with Gasteiger partial charge in [0.25, 0.3) is 0 Å². The molecule has 0 saturated heterocycles. The van der Waals surface area contributed by atoms with Crippen molar-refractivity contribution in [2.75, 3.05) is 0 Å². The molecular weight excluding hydrogens is 150 g/mol. The van der Waals surface area contributed by atoms with Crippen molar-refractivity contribution in [2.45, 2.75) is 0 Å². The van der Waals surface area contributed by atoms with Crippen LogP contribution >= 0.6 is 0 Å². The summed E-state index contributed by atoms with van der Waals surface area (Å²) in [6.45, 7) is 0. The van der Waals surface area contributed by atoms with Crippen LogP contribution in [0.15, 0.2) is 0 Å². The molecule has 0 aliphatic rings. The molecule has 0 N–H and O–H groups in total. The van der Waals surface area contributed by atoms with Gasteiger partial charge in [0.1, 0.15) is 0 Å². The molecule has 6 nitrogen and oxygen atoms in total. The van der Waals surface area contributed by atoms with Crippen LogP contribution in [0.1, 0.15) is 0 Å². The first-order chi connectivity index (χ1) is 4.24. The van der Waals surface area contributed by atoms with Crippen LogP contribution in [-0.4, -0.2) is 39.9 Å². The molecule has 0 unspecified atom stereocenters. The summed E-state index contributed by atoms with van der Waals surface area (Å²) in [7, 11) is -3.75. The Morgan fingerprint density at radius 3 is 0.455 bits per heavy atom. The summed E-state index contributed by atoms with van der Waals surface area (Å²) < 4.78 is 0. The molecule has 0 spiro atoms. The summed E-state index contributed by atoms with van der Waals surface area (Å²) in [6.07, 6.45) is 0. The van der Waals surface area contributed by atoms with Gasteiger partial charge < -0.3 is 30.1 Å². The molecular formula is H3B5O6. The Hall–Kier alpha value is 0.0847. The third-order valence-corrected chi connectivity index (χ3v) is 0. The van der Waals surface area contributed by atoms with Crippen LogP contribution < -0.4 is 30.1 Å². The molecule has 0 saturated carbocycles. The van der Waals surface area contributed by atoms with Crippen molar-refractivity contribution in [2.24, 2.45) is 0 Å². The zero-order valence-electron chi connectivity index (χ0n) is 5.73. The fourth-order valence-corrected chi connectivity index (χ4v) is 0. The molecule has 0 atom stereocenters. The van der Waals surface area contributed by atoms with E-state index in [1.54, 1.807) is 0 Å². The molecule has 54 valence electrons. The average molecular weight is 153 g/mol. The van der Waals surface area contributed by atoms with Gasteiger partial charge in [0, 0.05) is 0 Å². The van der Waals surface area contributed by atoms with Crippen molar-refractivity contribution in [3.05, 3.63) is 0 Å². The van der Waals surface area contributed by atoms with E-state index in [4.69, 9.17) is 30.1 Å². The summed E-state index contributed by atoms with van der Waals surface area (Å²) in [5.41, 5.74) is 0. The molecule has 0 radical (unpaired) electrons. The monoisotopic (exact) mass is 154 g/mol. The fraction of sp³-hybridized carbons (Fsp3) is 0. The Labute approximate surface area is 71.0 Å². The predicted octanol–water partition coefficient (Wildman–Crippen LogP) is -9.84. The largest absolute Gasteiger partial charge is 3.00 e. The number of hydrogen-bond donors (Lipinski definition) is 0. The van der Waals surface area contributed by atoms with Gasteiger partial charge in [-0.3, -0.25) is 0 Å². The first-order valence-corrected chi connectivity index (χ1v) is 1.73. The second kappa shape index (κ2) is 87.5. The normalized spacial score (nSPS) is 3.82. The van der Waals surface area contributed by atoms with E-state index < -0.39 is 23.1 Å². The van der Waals surface area contributed by atoms with Crippen molar-refractivity contribution < 1.29 is 30.1 Å². The first kappa shape index (κ1) is 30.4. The van der Waals surface area contributed by atoms with Gasteiger partial charge in [-0.2, -0.15) is 0 Å². The number of hydrogen-bond acceptors (Lipinski definition) is 6. The Morgan fingerprint density at radius 2 is 0.455 bits per heavy atom. The Morgan fingerprint density at radius 1 is 0.455 bits per heavy atom. The van der Waals surface area contributed by atoms with Crippen molar-refractivity contribution >= 4 is 39.9 Å². The van der Waals surface area contributed by atoms with Crippen LogP contribution in [0, 0.1) is 0 Å². The molecule has 0 aromatic heterocycles. The smallest absolute Gasteiger partial charge is 0.896 e. The van der Waals surface area contributed by atoms with E-state index in [0.29, 0.717) is 0 Å². The molecule has 0 aliphatic carbocycles. The maximum Gasteiger partial charge on any atom is 3.00 e. The Bertz CT molecular complexity index is 15.7. The molecule has 0 aromatic rings. The molecule has 0 fully saturated rings. The molecule has 11 heavy (non-hydrogen) atoms. The molecule has 0 rings (SSSR count). The SMILES string of the molecule is [B+3].[B+3].[O-]B[O-].[O-]B[O-].[O-]B[O-]. The molecule has 0 bridgehead atoms. The van der Waals surface area contributed by atoms with E-state index in [0.717, 1.165) is 0 Å². The third-order valence-electron chi connectivity index (χ3n) is 0. The number of rotatable bonds is 0. The van der Waals surface area contributed by atoms with Crippen molar-refractivity contribution in [1.82, 2.24) is 0 Å². The minimum Gasteiger partial charge on any atom is -0.896 e. The quantitative estimate of drug-likeness (QED) is 0.316. The van der Waals surface area contributed by atoms with Crippen LogP contribution in [0.2, 0.25) is 0 Å². The standard InChI is InChI=1S/3BHO2.2B/c3*2-1-3;;/h3*1H;;/q3*-2;2*+3. The summed E-state index contributed by atoms with van der Waals surface area (Å²) in [4.78, 5) is 0. The Kier molecular flexibility index (Phi) is 242. The van der Waals surface area contributed by atoms with E-state index in [1.807, 2.05) is 0 Å². The van der Waals surface area contributed by atoms with Crippen molar-refractivity contribution in [3.8, 4) is 0 Å². The van der Waals surface area contributed by atoms with E-state index >= 15 is 0 Å². The van der Waals surface area contributed by atoms with Crippen LogP contribution in [0.5, 0.6) is 0 Å². The van der Waals surface area contributed by atoms with Crippen molar-refractivity contribution in [3.63, 3.8) is 0 Å². The zero-order valence-corrected chi connectivity index (χ0v) is 5.73. The summed E-state index contributed by atoms with van der Waals surface area (Å²) >= 11 is 0. The molecule has 0 aromatic carbocycles. The zero-order chi connectivity index (χ0) is 8.12. The summed E-state index contributed by atoms with van der Waals surface area (Å²) in [5, 5.41) is 50.2. The van der Waals surface area contributed by atoms with Crippen LogP contribution in [-0.2, 0) is 0 Å². The second-order valence-electron chi connectivity index (χ2n) is 0.354. The Balaban J connectivity index is -0.0000000150. The maximum atomic E-state index is 8.38. The van der Waals surface area contributed by atoms with E-state index in [1.165, 1.54) is 0 Å². The van der Waals surface area contributed by atoms with E-state index in [-0.39, 0.29) is 16.8 Å². The maximum absolute atomic E-state index is 8.38. The fourth-order valence-electron chi connectivity index (χ4n) is 0. The third kappa shape index (κ3) is 91900. The van der Waals surface area contributed by atoms with Crippen LogP contribution in [0.25, 0.3) is 0 Å². The van der Waals surface area contributed by atoms with Gasteiger partial charge in [-0.25, -0.2) is 0 Å². The van der Waals surface area contributed by atoms with Gasteiger partial charge in [0.2, 0.25) is 0 Å². The topological polar surface area (TPSA) is 138 Å². The van der Waals surface area contributed by atoms with E-state index in [9.17, 15) is 0 Å². The molecule has 11 heteroatoms. The summed E-state index contributed by atoms with van der Waals surface area (Å²) in [6, 6.07) is 0. The predicted molar refractivity (Wildman–Crippen MR) is 33.0 cm³/mol. The van der Waals surface area contributed by atoms with Gasteiger partial charge in [-0.1, -0.05) is 0 Å². The average Bonchev–Trinajstić information content (AvgIpc) is 1.70. The molecule has 0 heterocycles. The minimum atomic E-state index is -1.25. The van der Waals surface area contributed by atoms with Crippen molar-refractivity contribution in [1.29, 1.82) is 0 Å². The molecule has 0 aliphatic heterocycles. The first-order valence-electron chi connectivity index (χ1n) is 1.73. The molecule has 0 amide bonds. The van der Waals surface area contributed by atoms with E-state index in [2.05, 4.69) is 0 Å². The van der Waals surface area contributed by atoms with Gasteiger partial charge in [0.05, 0.1) is 0 Å². The summed E-state index contributed by atoms with van der Waals surface area (Å²) in [5.74, 6) is 0. The minimum absolute atomic E-state index is 0. The van der Waals surface area contributed by atoms with Crippen LogP contribution in [0.4, 0.5) is 0 Å². The van der Waals surface area contributed by atoms with Gasteiger partial charge in [-0.05, 0) is 0 Å².